The molecule has 1 saturated carbocycles. The van der Waals surface area contributed by atoms with Gasteiger partial charge in [-0.05, 0) is 25.0 Å². The second kappa shape index (κ2) is 6.24. The Bertz CT molecular complexity index is 483. The van der Waals surface area contributed by atoms with Crippen molar-refractivity contribution in [2.75, 3.05) is 33.9 Å². The fraction of sp³-hybridized carbons (Fsp3) is 0.647. The first-order chi connectivity index (χ1) is 10.3. The van der Waals surface area contributed by atoms with E-state index in [2.05, 4.69) is 11.4 Å². The Hall–Kier alpha value is -1.26. The predicted octanol–water partition coefficient (Wildman–Crippen LogP) is 2.93. The van der Waals surface area contributed by atoms with Gasteiger partial charge in [-0.15, -0.1) is 0 Å². The Morgan fingerprint density at radius 3 is 2.71 bits per heavy atom. The van der Waals surface area contributed by atoms with Gasteiger partial charge in [0.15, 0.2) is 0 Å². The van der Waals surface area contributed by atoms with Crippen molar-refractivity contribution in [2.24, 2.45) is 5.41 Å². The summed E-state index contributed by atoms with van der Waals surface area (Å²) in [7, 11) is 3.36. The van der Waals surface area contributed by atoms with Gasteiger partial charge in [0, 0.05) is 30.1 Å². The van der Waals surface area contributed by atoms with Crippen LogP contribution < -0.4 is 14.8 Å². The molecule has 1 unspecified atom stereocenters. The van der Waals surface area contributed by atoms with Crippen LogP contribution in [0, 0.1) is 5.41 Å². The number of ether oxygens (including phenoxy) is 3. The van der Waals surface area contributed by atoms with Crippen LogP contribution in [0.3, 0.4) is 0 Å². The smallest absolute Gasteiger partial charge is 0.128 e. The van der Waals surface area contributed by atoms with Crippen LogP contribution in [0.1, 0.15) is 37.4 Å². The molecule has 4 heteroatoms. The summed E-state index contributed by atoms with van der Waals surface area (Å²) >= 11 is 0. The highest BCUT2D eigenvalue weighted by atomic mass is 16.5. The molecule has 0 amide bonds. The minimum Gasteiger partial charge on any atom is -0.497 e. The maximum absolute atomic E-state index is 6.26. The Kier molecular flexibility index (Phi) is 4.36. The molecule has 0 bridgehead atoms. The van der Waals surface area contributed by atoms with Gasteiger partial charge in [0.05, 0.1) is 26.9 Å². The number of benzene rings is 1. The van der Waals surface area contributed by atoms with Crippen molar-refractivity contribution in [1.29, 1.82) is 0 Å². The molecule has 0 radical (unpaired) electrons. The molecule has 1 heterocycles. The molecule has 3 rings (SSSR count). The fourth-order valence-corrected chi connectivity index (χ4v) is 3.59. The summed E-state index contributed by atoms with van der Waals surface area (Å²) in [5.41, 5.74) is 1.45. The van der Waals surface area contributed by atoms with E-state index in [1.165, 1.54) is 25.7 Å². The molecular weight excluding hydrogens is 266 g/mol. The highest BCUT2D eigenvalue weighted by Crippen LogP contribution is 2.41. The van der Waals surface area contributed by atoms with E-state index in [0.29, 0.717) is 5.41 Å². The van der Waals surface area contributed by atoms with E-state index in [4.69, 9.17) is 14.2 Å². The van der Waals surface area contributed by atoms with Gasteiger partial charge in [0.25, 0.3) is 0 Å². The maximum Gasteiger partial charge on any atom is 0.128 e. The number of methoxy groups -OCH3 is 2. The van der Waals surface area contributed by atoms with E-state index in [9.17, 15) is 0 Å². The molecule has 1 aliphatic heterocycles. The first-order valence-corrected chi connectivity index (χ1v) is 7.81. The van der Waals surface area contributed by atoms with Gasteiger partial charge in [-0.1, -0.05) is 12.8 Å². The van der Waals surface area contributed by atoms with E-state index in [-0.39, 0.29) is 6.10 Å². The number of nitrogens with one attached hydrogen (secondary N) is 1. The molecule has 116 valence electrons. The lowest BCUT2D eigenvalue weighted by Crippen LogP contribution is -2.32. The highest BCUT2D eigenvalue weighted by Gasteiger charge is 2.37. The molecule has 1 saturated heterocycles. The molecule has 0 aromatic heterocycles. The number of hydrogen-bond acceptors (Lipinski definition) is 4. The lowest BCUT2D eigenvalue weighted by Gasteiger charge is -2.26. The Morgan fingerprint density at radius 2 is 2.00 bits per heavy atom. The summed E-state index contributed by atoms with van der Waals surface area (Å²) in [6, 6.07) is 5.95. The zero-order valence-corrected chi connectivity index (χ0v) is 13.0. The molecule has 4 nitrogen and oxygen atoms in total. The SMILES string of the molecule is COc1ccc(C2CNCC3(CCCC3)CO2)c(OC)c1. The van der Waals surface area contributed by atoms with E-state index < -0.39 is 0 Å². The summed E-state index contributed by atoms with van der Waals surface area (Å²) < 4.78 is 17.0. The standard InChI is InChI=1S/C17H25NO3/c1-19-13-5-6-14(15(9-13)20-2)16-10-18-11-17(12-21-16)7-3-4-8-17/h5-6,9,16,18H,3-4,7-8,10-12H2,1-2H3. The Balaban J connectivity index is 1.77. The van der Waals surface area contributed by atoms with Gasteiger partial charge in [-0.2, -0.15) is 0 Å². The molecular formula is C17H25NO3. The molecule has 21 heavy (non-hydrogen) atoms. The number of hydrogen-bond donors (Lipinski definition) is 1. The van der Waals surface area contributed by atoms with Gasteiger partial charge < -0.3 is 19.5 Å². The van der Waals surface area contributed by atoms with E-state index in [0.717, 1.165) is 36.8 Å². The second-order valence-electron chi connectivity index (χ2n) is 6.25. The molecule has 1 aromatic rings. The Labute approximate surface area is 126 Å². The summed E-state index contributed by atoms with van der Waals surface area (Å²) in [4.78, 5) is 0. The summed E-state index contributed by atoms with van der Waals surface area (Å²) in [6.07, 6.45) is 5.29. The molecule has 1 aliphatic carbocycles. The quantitative estimate of drug-likeness (QED) is 0.929. The first-order valence-electron chi connectivity index (χ1n) is 7.81. The van der Waals surface area contributed by atoms with Crippen molar-refractivity contribution >= 4 is 0 Å². The zero-order chi connectivity index (χ0) is 14.7. The van der Waals surface area contributed by atoms with Gasteiger partial charge in [-0.3, -0.25) is 0 Å². The molecule has 2 fully saturated rings. The monoisotopic (exact) mass is 291 g/mol. The van der Waals surface area contributed by atoms with Gasteiger partial charge >= 0.3 is 0 Å². The second-order valence-corrected chi connectivity index (χ2v) is 6.25. The van der Waals surface area contributed by atoms with Gasteiger partial charge in [0.1, 0.15) is 11.5 Å². The summed E-state index contributed by atoms with van der Waals surface area (Å²) in [5.74, 6) is 1.65. The maximum atomic E-state index is 6.26. The van der Waals surface area contributed by atoms with Crippen LogP contribution in [0.4, 0.5) is 0 Å². The molecule has 2 aliphatic rings. The van der Waals surface area contributed by atoms with Crippen molar-refractivity contribution in [3.05, 3.63) is 23.8 Å². The van der Waals surface area contributed by atoms with Crippen LogP contribution in [0.25, 0.3) is 0 Å². The average Bonchev–Trinajstić information content (AvgIpc) is 2.88. The normalized spacial score (nSPS) is 24.8. The topological polar surface area (TPSA) is 39.7 Å². The van der Waals surface area contributed by atoms with Crippen LogP contribution in [-0.2, 0) is 4.74 Å². The van der Waals surface area contributed by atoms with Crippen molar-refractivity contribution in [3.8, 4) is 11.5 Å². The summed E-state index contributed by atoms with van der Waals surface area (Å²) in [5, 5.41) is 3.60. The van der Waals surface area contributed by atoms with Crippen LogP contribution in [-0.4, -0.2) is 33.9 Å². The summed E-state index contributed by atoms with van der Waals surface area (Å²) in [6.45, 7) is 2.76. The van der Waals surface area contributed by atoms with Crippen molar-refractivity contribution in [3.63, 3.8) is 0 Å². The van der Waals surface area contributed by atoms with Crippen LogP contribution in [0.5, 0.6) is 11.5 Å². The fourth-order valence-electron chi connectivity index (χ4n) is 3.59. The van der Waals surface area contributed by atoms with Crippen LogP contribution >= 0.6 is 0 Å². The first kappa shape index (κ1) is 14.7. The Morgan fingerprint density at radius 1 is 1.19 bits per heavy atom. The van der Waals surface area contributed by atoms with E-state index in [1.54, 1.807) is 14.2 Å². The number of rotatable bonds is 3. The molecule has 1 aromatic carbocycles. The van der Waals surface area contributed by atoms with Gasteiger partial charge in [-0.25, -0.2) is 0 Å². The predicted molar refractivity (Wildman–Crippen MR) is 82.0 cm³/mol. The highest BCUT2D eigenvalue weighted by molar-refractivity contribution is 5.42. The van der Waals surface area contributed by atoms with Crippen LogP contribution in [0.2, 0.25) is 0 Å². The minimum absolute atomic E-state index is 0.0471. The third kappa shape index (κ3) is 3.01. The lowest BCUT2D eigenvalue weighted by atomic mass is 9.87. The van der Waals surface area contributed by atoms with Gasteiger partial charge in [0.2, 0.25) is 0 Å². The molecule has 1 atom stereocenters. The minimum atomic E-state index is 0.0471. The average molecular weight is 291 g/mol. The third-order valence-corrected chi connectivity index (χ3v) is 4.87. The zero-order valence-electron chi connectivity index (χ0n) is 13.0. The van der Waals surface area contributed by atoms with Crippen molar-refractivity contribution in [2.45, 2.75) is 31.8 Å². The van der Waals surface area contributed by atoms with E-state index in [1.807, 2.05) is 12.1 Å². The molecule has 1 spiro atoms. The van der Waals surface area contributed by atoms with Crippen molar-refractivity contribution in [1.82, 2.24) is 5.32 Å². The third-order valence-electron chi connectivity index (χ3n) is 4.87. The van der Waals surface area contributed by atoms with E-state index >= 15 is 0 Å². The van der Waals surface area contributed by atoms with Crippen LogP contribution in [0.15, 0.2) is 18.2 Å². The lowest BCUT2D eigenvalue weighted by molar-refractivity contribution is 0.0147. The largest absolute Gasteiger partial charge is 0.497 e. The van der Waals surface area contributed by atoms with Crippen molar-refractivity contribution < 1.29 is 14.2 Å². The molecule has 1 N–H and O–H groups in total.